The molecular weight excluding hydrogens is 524 g/mol. The lowest BCUT2D eigenvalue weighted by Gasteiger charge is -2.38. The predicted molar refractivity (Wildman–Crippen MR) is 146 cm³/mol. The van der Waals surface area contributed by atoms with E-state index < -0.39 is 23.9 Å². The molecule has 1 fully saturated rings. The van der Waals surface area contributed by atoms with Gasteiger partial charge < -0.3 is 14.7 Å². The molecule has 1 aliphatic rings. The maximum atomic E-state index is 15.5. The molecule has 5 nitrogen and oxygen atoms in total. The zero-order valence-electron chi connectivity index (χ0n) is 22.7. The van der Waals surface area contributed by atoms with Crippen LogP contribution in [0.25, 0.3) is 10.9 Å². The topological polar surface area (TPSA) is 62.7 Å². The van der Waals surface area contributed by atoms with E-state index in [0.29, 0.717) is 42.6 Å². The number of aliphatic carboxylic acids is 1. The lowest BCUT2D eigenvalue weighted by Crippen LogP contribution is -2.41. The molecule has 1 aromatic heterocycles. The van der Waals surface area contributed by atoms with Gasteiger partial charge in [-0.1, -0.05) is 12.1 Å². The molecule has 1 aliphatic heterocycles. The van der Waals surface area contributed by atoms with Crippen LogP contribution in [0.3, 0.4) is 0 Å². The Balaban J connectivity index is 1.28. The van der Waals surface area contributed by atoms with E-state index in [2.05, 4.69) is 9.88 Å². The van der Waals surface area contributed by atoms with Crippen LogP contribution in [0.5, 0.6) is 5.75 Å². The van der Waals surface area contributed by atoms with Gasteiger partial charge in [-0.3, -0.25) is 9.78 Å². The number of hydrogen-bond acceptors (Lipinski definition) is 4. The van der Waals surface area contributed by atoms with Crippen molar-refractivity contribution in [1.82, 2.24) is 9.88 Å². The lowest BCUT2D eigenvalue weighted by molar-refractivity contribution is -0.139. The van der Waals surface area contributed by atoms with Crippen molar-refractivity contribution in [3.63, 3.8) is 0 Å². The number of benzene rings is 2. The number of fused-ring (bicyclic) bond motifs is 1. The fraction of sp³-hybridized carbons (Fsp3) is 0.484. The van der Waals surface area contributed by atoms with Gasteiger partial charge in [0, 0.05) is 24.5 Å². The highest BCUT2D eigenvalue weighted by Crippen LogP contribution is 2.36. The van der Waals surface area contributed by atoms with E-state index in [1.807, 2.05) is 6.07 Å². The molecule has 0 radical (unpaired) electrons. The molecule has 0 spiro atoms. The second-order valence-electron chi connectivity index (χ2n) is 10.7. The van der Waals surface area contributed by atoms with Crippen LogP contribution in [-0.4, -0.2) is 47.7 Å². The molecule has 1 saturated heterocycles. The van der Waals surface area contributed by atoms with Crippen LogP contribution in [0.1, 0.15) is 61.4 Å². The highest BCUT2D eigenvalue weighted by molar-refractivity contribution is 5.83. The van der Waals surface area contributed by atoms with Gasteiger partial charge in [0.15, 0.2) is 0 Å². The summed E-state index contributed by atoms with van der Waals surface area (Å²) in [6.07, 6.45) is 0.280. The van der Waals surface area contributed by atoms with Gasteiger partial charge in [-0.15, -0.1) is 0 Å². The number of unbranched alkanes of at least 4 members (excludes halogenated alkanes) is 1. The standard InChI is InChI=1S/C31H36F4N2O3/c1-40-25-10-12-29-27(19-25)26(13-15-36-29)28(32)11-7-22-14-17-37(20-23(22)18-30(38)39)16-3-2-4-21-5-8-24(9-6-21)31(33,34)35/h5-6,8-10,12-13,15,19,22-23,28H,2-4,7,11,14,16-18,20H2,1H3,(H,38,39)/t22-,23+,28-/m1/s1. The molecule has 2 heterocycles. The molecule has 3 atom stereocenters. The fourth-order valence-corrected chi connectivity index (χ4v) is 5.78. The van der Waals surface area contributed by atoms with E-state index in [9.17, 15) is 23.1 Å². The van der Waals surface area contributed by atoms with E-state index in [1.54, 1.807) is 31.5 Å². The molecule has 3 aromatic rings. The molecule has 40 heavy (non-hydrogen) atoms. The summed E-state index contributed by atoms with van der Waals surface area (Å²) in [7, 11) is 1.57. The summed E-state index contributed by atoms with van der Waals surface area (Å²) >= 11 is 0. The maximum Gasteiger partial charge on any atom is 0.416 e. The quantitative estimate of drug-likeness (QED) is 0.184. The monoisotopic (exact) mass is 560 g/mol. The number of carbonyl (C=O) groups is 1. The van der Waals surface area contributed by atoms with Crippen LogP contribution < -0.4 is 4.74 Å². The first-order chi connectivity index (χ1) is 19.1. The Hall–Kier alpha value is -3.20. The zero-order valence-corrected chi connectivity index (χ0v) is 22.7. The molecule has 4 rings (SSSR count). The highest BCUT2D eigenvalue weighted by Gasteiger charge is 2.32. The van der Waals surface area contributed by atoms with Crippen molar-refractivity contribution in [1.29, 1.82) is 0 Å². The van der Waals surface area contributed by atoms with E-state index in [-0.39, 0.29) is 18.3 Å². The summed E-state index contributed by atoms with van der Waals surface area (Å²) in [6.45, 7) is 2.29. The minimum atomic E-state index is -4.33. The first kappa shape index (κ1) is 29.8. The Bertz CT molecular complexity index is 1270. The number of nitrogens with zero attached hydrogens (tertiary/aromatic N) is 2. The number of methoxy groups -OCH3 is 1. The number of halogens is 4. The molecule has 216 valence electrons. The largest absolute Gasteiger partial charge is 0.497 e. The van der Waals surface area contributed by atoms with E-state index in [1.165, 1.54) is 12.1 Å². The molecule has 1 N–H and O–H groups in total. The van der Waals surface area contributed by atoms with Crippen molar-refractivity contribution in [3.8, 4) is 5.75 Å². The van der Waals surface area contributed by atoms with Crippen LogP contribution in [0.4, 0.5) is 17.6 Å². The van der Waals surface area contributed by atoms with Crippen molar-refractivity contribution in [2.24, 2.45) is 11.8 Å². The molecule has 0 bridgehead atoms. The number of aryl methyl sites for hydroxylation is 1. The van der Waals surface area contributed by atoms with Crippen molar-refractivity contribution >= 4 is 16.9 Å². The van der Waals surface area contributed by atoms with Crippen LogP contribution in [0.15, 0.2) is 54.7 Å². The lowest BCUT2D eigenvalue weighted by atomic mass is 9.79. The average Bonchev–Trinajstić information content (AvgIpc) is 2.93. The van der Waals surface area contributed by atoms with Gasteiger partial charge in [0.05, 0.1) is 18.2 Å². The summed E-state index contributed by atoms with van der Waals surface area (Å²) in [5.74, 6) is -0.131. The molecule has 2 aromatic carbocycles. The van der Waals surface area contributed by atoms with Gasteiger partial charge in [-0.2, -0.15) is 13.2 Å². The molecule has 0 saturated carbocycles. The van der Waals surface area contributed by atoms with Crippen molar-refractivity contribution in [2.75, 3.05) is 26.7 Å². The van der Waals surface area contributed by atoms with Gasteiger partial charge >= 0.3 is 12.1 Å². The minimum Gasteiger partial charge on any atom is -0.497 e. The number of hydrogen-bond donors (Lipinski definition) is 1. The number of carboxylic acids is 1. The number of piperidine rings is 1. The van der Waals surface area contributed by atoms with Crippen LogP contribution >= 0.6 is 0 Å². The van der Waals surface area contributed by atoms with Crippen LogP contribution in [0, 0.1) is 11.8 Å². The number of likely N-dealkylation sites (tertiary alicyclic amines) is 1. The molecule has 0 aliphatic carbocycles. The number of rotatable bonds is 12. The summed E-state index contributed by atoms with van der Waals surface area (Å²) in [6, 6.07) is 12.4. The zero-order chi connectivity index (χ0) is 28.7. The summed E-state index contributed by atoms with van der Waals surface area (Å²) in [5.41, 5.74) is 1.51. The van der Waals surface area contributed by atoms with Gasteiger partial charge in [-0.05, 0) is 111 Å². The van der Waals surface area contributed by atoms with E-state index >= 15 is 4.39 Å². The molecule has 0 unspecified atom stereocenters. The number of aromatic nitrogens is 1. The van der Waals surface area contributed by atoms with Crippen LogP contribution in [0.2, 0.25) is 0 Å². The van der Waals surface area contributed by atoms with E-state index in [4.69, 9.17) is 4.74 Å². The average molecular weight is 561 g/mol. The summed E-state index contributed by atoms with van der Waals surface area (Å²) in [4.78, 5) is 18.2. The van der Waals surface area contributed by atoms with Gasteiger partial charge in [-0.25, -0.2) is 4.39 Å². The summed E-state index contributed by atoms with van der Waals surface area (Å²) < 4.78 is 59.0. The Morgan fingerprint density at radius 2 is 1.90 bits per heavy atom. The van der Waals surface area contributed by atoms with Gasteiger partial charge in [0.25, 0.3) is 0 Å². The van der Waals surface area contributed by atoms with Crippen molar-refractivity contribution in [3.05, 3.63) is 71.4 Å². The normalized spacial score (nSPS) is 19.0. The third kappa shape index (κ3) is 7.93. The SMILES string of the molecule is COc1ccc2nccc([C@H](F)CC[C@@H]3CCN(CCCCc4ccc(C(F)(F)F)cc4)C[C@@H]3CC(=O)O)c2c1. The Morgan fingerprint density at radius 1 is 1.12 bits per heavy atom. The Kier molecular flexibility index (Phi) is 10.0. The first-order valence-electron chi connectivity index (χ1n) is 13.8. The molecular formula is C31H36F4N2O3. The molecule has 0 amide bonds. The predicted octanol–water partition coefficient (Wildman–Crippen LogP) is 7.49. The highest BCUT2D eigenvalue weighted by atomic mass is 19.4. The minimum absolute atomic E-state index is 0.0531. The second-order valence-corrected chi connectivity index (χ2v) is 10.7. The Labute approximate surface area is 232 Å². The second kappa shape index (κ2) is 13.4. The third-order valence-electron chi connectivity index (χ3n) is 7.99. The fourth-order valence-electron chi connectivity index (χ4n) is 5.78. The smallest absolute Gasteiger partial charge is 0.416 e. The molecule has 9 heteroatoms. The first-order valence-corrected chi connectivity index (χ1v) is 13.8. The van der Waals surface area contributed by atoms with Gasteiger partial charge in [0.1, 0.15) is 11.9 Å². The third-order valence-corrected chi connectivity index (χ3v) is 7.99. The van der Waals surface area contributed by atoms with E-state index in [0.717, 1.165) is 55.4 Å². The Morgan fingerprint density at radius 3 is 2.60 bits per heavy atom. The number of pyridine rings is 1. The summed E-state index contributed by atoms with van der Waals surface area (Å²) in [5, 5.41) is 10.2. The number of ether oxygens (including phenoxy) is 1. The van der Waals surface area contributed by atoms with Crippen molar-refractivity contribution in [2.45, 2.75) is 57.3 Å². The number of alkyl halides is 4. The van der Waals surface area contributed by atoms with Crippen LogP contribution in [-0.2, 0) is 17.4 Å². The van der Waals surface area contributed by atoms with Gasteiger partial charge in [0.2, 0.25) is 0 Å². The number of carboxylic acid groups (broad SMARTS) is 1. The van der Waals surface area contributed by atoms with Crippen molar-refractivity contribution < 1.29 is 32.2 Å². The maximum absolute atomic E-state index is 15.5.